The number of rotatable bonds is 6. The van der Waals surface area contributed by atoms with Gasteiger partial charge in [0.1, 0.15) is 11.4 Å². The summed E-state index contributed by atoms with van der Waals surface area (Å²) in [6.45, 7) is 6.05. The third-order valence-corrected chi connectivity index (χ3v) is 6.76. The van der Waals surface area contributed by atoms with Gasteiger partial charge in [-0.15, -0.1) is 0 Å². The van der Waals surface area contributed by atoms with Crippen molar-refractivity contribution in [2.45, 2.75) is 19.9 Å². The van der Waals surface area contributed by atoms with Gasteiger partial charge >= 0.3 is 0 Å². The molecular weight excluding hydrogens is 458 g/mol. The van der Waals surface area contributed by atoms with Gasteiger partial charge in [0.25, 0.3) is 5.91 Å². The number of allylic oxidation sites excluding steroid dienone is 3. The molecule has 2 amide bonds. The van der Waals surface area contributed by atoms with Crippen LogP contribution >= 0.6 is 0 Å². The molecule has 0 atom stereocenters. The van der Waals surface area contributed by atoms with Crippen molar-refractivity contribution in [3.05, 3.63) is 53.9 Å². The number of anilines is 4. The number of nitrogens with one attached hydrogen (secondary N) is 2. The summed E-state index contributed by atoms with van der Waals surface area (Å²) in [5.74, 6) is 1.37. The third-order valence-electron chi connectivity index (χ3n) is 6.76. The smallest absolute Gasteiger partial charge is 0.251 e. The molecule has 1 aliphatic carbocycles. The Kier molecular flexibility index (Phi) is 5.91. The Hall–Kier alpha value is -3.92. The number of fused-ring (bicyclic) bond motifs is 1. The number of aromatic nitrogens is 2. The molecule has 0 saturated carbocycles. The number of likely N-dealkylation sites (N-methyl/N-ethyl adjacent to an activating group) is 1. The average Bonchev–Trinajstić information content (AvgIpc) is 2.86. The van der Waals surface area contributed by atoms with Crippen LogP contribution in [0, 0.1) is 5.41 Å². The molecule has 3 aliphatic rings. The van der Waals surface area contributed by atoms with Crippen LogP contribution in [0.1, 0.15) is 24.2 Å². The quantitative estimate of drug-likeness (QED) is 0.638. The SMILES string of the molecule is COc1cc(C(=O)NC2CN(C)C2)ccc1Nc1ncc2c(n1)N(C1=CC=C1)CC(C)(C)C(=O)N2C. The van der Waals surface area contributed by atoms with Crippen LogP contribution in [0.2, 0.25) is 0 Å². The third kappa shape index (κ3) is 4.28. The van der Waals surface area contributed by atoms with Gasteiger partial charge in [0.05, 0.1) is 30.5 Å². The van der Waals surface area contributed by atoms with Gasteiger partial charge in [-0.1, -0.05) is 6.08 Å². The van der Waals surface area contributed by atoms with Gasteiger partial charge in [-0.3, -0.25) is 9.59 Å². The second-order valence-corrected chi connectivity index (χ2v) is 10.1. The van der Waals surface area contributed by atoms with Crippen LogP contribution in [0.15, 0.2) is 48.3 Å². The van der Waals surface area contributed by atoms with Crippen LogP contribution in [0.25, 0.3) is 0 Å². The van der Waals surface area contributed by atoms with Crippen LogP contribution in [-0.2, 0) is 4.79 Å². The predicted molar refractivity (Wildman–Crippen MR) is 139 cm³/mol. The van der Waals surface area contributed by atoms with E-state index in [4.69, 9.17) is 9.72 Å². The fourth-order valence-corrected chi connectivity index (χ4v) is 4.65. The molecule has 36 heavy (non-hydrogen) atoms. The van der Waals surface area contributed by atoms with Crippen LogP contribution in [0.4, 0.5) is 23.1 Å². The zero-order valence-electron chi connectivity index (χ0n) is 21.2. The van der Waals surface area contributed by atoms with Gasteiger partial charge in [0.2, 0.25) is 11.9 Å². The van der Waals surface area contributed by atoms with Crippen molar-refractivity contribution in [2.24, 2.45) is 5.41 Å². The summed E-state index contributed by atoms with van der Waals surface area (Å²) in [7, 11) is 5.33. The van der Waals surface area contributed by atoms with Gasteiger partial charge in [-0.2, -0.15) is 4.98 Å². The van der Waals surface area contributed by atoms with E-state index in [1.165, 1.54) is 0 Å². The van der Waals surface area contributed by atoms with E-state index in [1.54, 1.807) is 43.5 Å². The van der Waals surface area contributed by atoms with Gasteiger partial charge < -0.3 is 30.1 Å². The number of nitrogens with zero attached hydrogens (tertiary/aromatic N) is 5. The molecule has 0 unspecified atom stereocenters. The zero-order valence-corrected chi connectivity index (χ0v) is 21.2. The number of carbonyl (C=O) groups excluding carboxylic acids is 2. The van der Waals surface area contributed by atoms with Crippen LogP contribution in [0.5, 0.6) is 5.75 Å². The molecule has 1 aromatic carbocycles. The van der Waals surface area contributed by atoms with Crippen molar-refractivity contribution in [1.29, 1.82) is 0 Å². The molecule has 0 bridgehead atoms. The first kappa shape index (κ1) is 23.8. The molecule has 10 nitrogen and oxygen atoms in total. The molecule has 2 aromatic rings. The molecule has 0 spiro atoms. The van der Waals surface area contributed by atoms with Crippen molar-refractivity contribution in [1.82, 2.24) is 20.2 Å². The maximum atomic E-state index is 13.1. The van der Waals surface area contributed by atoms with Gasteiger partial charge in [0.15, 0.2) is 5.82 Å². The Morgan fingerprint density at radius 2 is 1.97 bits per heavy atom. The number of ether oxygens (including phenoxy) is 1. The van der Waals surface area contributed by atoms with Gasteiger partial charge in [-0.25, -0.2) is 4.98 Å². The lowest BCUT2D eigenvalue weighted by Gasteiger charge is -2.36. The molecule has 1 aromatic heterocycles. The molecule has 2 aliphatic heterocycles. The Morgan fingerprint density at radius 3 is 2.61 bits per heavy atom. The van der Waals surface area contributed by atoms with Crippen molar-refractivity contribution < 1.29 is 14.3 Å². The number of carbonyl (C=O) groups is 2. The fraction of sp³-hybridized carbons (Fsp3) is 0.385. The minimum Gasteiger partial charge on any atom is -0.495 e. The molecule has 3 heterocycles. The van der Waals surface area contributed by atoms with Crippen molar-refractivity contribution >= 4 is 35.0 Å². The number of likely N-dealkylation sites (tertiary alicyclic amines) is 1. The standard InChI is InChI=1S/C26H31N7O3/c1-26(2)15-33(18-7-6-8-18)22-20(32(4)24(26)35)12-27-25(30-22)29-19-10-9-16(11-21(19)36-5)23(34)28-17-13-31(3)14-17/h6-12,17H,13-15H2,1-5H3,(H,28,34)(H,27,29,30). The van der Waals surface area contributed by atoms with Gasteiger partial charge in [-0.05, 0) is 51.2 Å². The maximum absolute atomic E-state index is 13.1. The summed E-state index contributed by atoms with van der Waals surface area (Å²) in [5.41, 5.74) is 2.17. The lowest BCUT2D eigenvalue weighted by atomic mass is 9.91. The molecule has 1 saturated heterocycles. The maximum Gasteiger partial charge on any atom is 0.251 e. The Balaban J connectivity index is 1.42. The van der Waals surface area contributed by atoms with Crippen LogP contribution in [-0.4, -0.2) is 73.6 Å². The summed E-state index contributed by atoms with van der Waals surface area (Å²) in [6, 6.07) is 5.40. The molecule has 0 radical (unpaired) electrons. The Bertz CT molecular complexity index is 1280. The van der Waals surface area contributed by atoms with E-state index in [0.717, 1.165) is 18.8 Å². The lowest BCUT2D eigenvalue weighted by Crippen LogP contribution is -2.57. The first-order valence-corrected chi connectivity index (χ1v) is 11.9. The van der Waals surface area contributed by atoms with Crippen molar-refractivity contribution in [3.63, 3.8) is 0 Å². The van der Waals surface area contributed by atoms with Gasteiger partial charge in [0, 0.05) is 37.9 Å². The van der Waals surface area contributed by atoms with E-state index in [1.807, 2.05) is 44.0 Å². The number of methoxy groups -OCH3 is 1. The Labute approximate surface area is 210 Å². The van der Waals surface area contributed by atoms with E-state index >= 15 is 0 Å². The summed E-state index contributed by atoms with van der Waals surface area (Å²) >= 11 is 0. The Morgan fingerprint density at radius 1 is 1.22 bits per heavy atom. The highest BCUT2D eigenvalue weighted by molar-refractivity contribution is 6.01. The molecular formula is C26H31N7O3. The zero-order chi connectivity index (χ0) is 25.6. The second-order valence-electron chi connectivity index (χ2n) is 10.1. The lowest BCUT2D eigenvalue weighted by molar-refractivity contribution is -0.125. The van der Waals surface area contributed by atoms with E-state index < -0.39 is 5.41 Å². The summed E-state index contributed by atoms with van der Waals surface area (Å²) < 4.78 is 5.56. The fourth-order valence-electron chi connectivity index (χ4n) is 4.65. The highest BCUT2D eigenvalue weighted by Gasteiger charge is 2.40. The molecule has 5 rings (SSSR count). The largest absolute Gasteiger partial charge is 0.495 e. The van der Waals surface area contributed by atoms with Crippen LogP contribution in [0.3, 0.4) is 0 Å². The summed E-state index contributed by atoms with van der Waals surface area (Å²) in [4.78, 5) is 40.8. The number of hydrogen-bond acceptors (Lipinski definition) is 8. The highest BCUT2D eigenvalue weighted by atomic mass is 16.5. The summed E-state index contributed by atoms with van der Waals surface area (Å²) in [5, 5.41) is 6.25. The average molecular weight is 490 g/mol. The topological polar surface area (TPSA) is 103 Å². The summed E-state index contributed by atoms with van der Waals surface area (Å²) in [6.07, 6.45) is 7.62. The minimum absolute atomic E-state index is 0.00328. The number of hydrogen-bond donors (Lipinski definition) is 2. The van der Waals surface area contributed by atoms with Crippen LogP contribution < -0.4 is 25.2 Å². The van der Waals surface area contributed by atoms with Crippen molar-refractivity contribution in [3.8, 4) is 5.75 Å². The highest BCUT2D eigenvalue weighted by Crippen LogP contribution is 2.40. The number of benzene rings is 1. The van der Waals surface area contributed by atoms with E-state index in [0.29, 0.717) is 41.0 Å². The van der Waals surface area contributed by atoms with E-state index in [-0.39, 0.29) is 17.9 Å². The molecule has 2 N–H and O–H groups in total. The first-order valence-electron chi connectivity index (χ1n) is 11.9. The van der Waals surface area contributed by atoms with E-state index in [2.05, 4.69) is 20.5 Å². The first-order chi connectivity index (χ1) is 17.2. The molecule has 10 heteroatoms. The normalized spacial score (nSPS) is 19.0. The van der Waals surface area contributed by atoms with E-state index in [9.17, 15) is 9.59 Å². The second kappa shape index (κ2) is 8.94. The predicted octanol–water partition coefficient (Wildman–Crippen LogP) is 2.54. The minimum atomic E-state index is -0.609. The van der Waals surface area contributed by atoms with Crippen molar-refractivity contribution in [2.75, 3.05) is 56.0 Å². The molecule has 1 fully saturated rings. The molecule has 188 valence electrons. The monoisotopic (exact) mass is 489 g/mol. The number of amides is 2.